The molecule has 0 amide bonds. The molecule has 0 atom stereocenters. The van der Waals surface area contributed by atoms with Gasteiger partial charge in [0.15, 0.2) is 5.96 Å². The maximum atomic E-state index is 5.04. The minimum absolute atomic E-state index is 0. The molecule has 116 valence electrons. The molecule has 0 unspecified atom stereocenters. The van der Waals surface area contributed by atoms with Gasteiger partial charge in [-0.05, 0) is 40.8 Å². The van der Waals surface area contributed by atoms with Crippen molar-refractivity contribution in [3.63, 3.8) is 0 Å². The predicted octanol–water partition coefficient (Wildman–Crippen LogP) is 1.54. The quantitative estimate of drug-likeness (QED) is 0.302. The molecule has 0 fully saturated rings. The second kappa shape index (κ2) is 11.7. The fourth-order valence-corrected chi connectivity index (χ4v) is 1.45. The summed E-state index contributed by atoms with van der Waals surface area (Å²) in [6.07, 6.45) is 1.09. The maximum Gasteiger partial charge on any atom is 0.191 e. The molecule has 0 rings (SSSR count). The first-order chi connectivity index (χ1) is 8.39. The fourth-order valence-electron chi connectivity index (χ4n) is 1.45. The van der Waals surface area contributed by atoms with Gasteiger partial charge in [-0.15, -0.1) is 24.0 Å². The predicted molar refractivity (Wildman–Crippen MR) is 93.7 cm³/mol. The lowest BCUT2D eigenvalue weighted by atomic mass is 10.1. The number of rotatable bonds is 7. The van der Waals surface area contributed by atoms with Crippen LogP contribution in [0.5, 0.6) is 0 Å². The highest BCUT2D eigenvalue weighted by molar-refractivity contribution is 14.0. The van der Waals surface area contributed by atoms with Crippen LogP contribution in [-0.2, 0) is 4.74 Å². The van der Waals surface area contributed by atoms with Crippen molar-refractivity contribution in [2.45, 2.75) is 32.7 Å². The minimum atomic E-state index is 0. The highest BCUT2D eigenvalue weighted by Crippen LogP contribution is 1.97. The number of guanidine groups is 1. The van der Waals surface area contributed by atoms with E-state index < -0.39 is 0 Å². The van der Waals surface area contributed by atoms with Crippen molar-refractivity contribution in [1.29, 1.82) is 0 Å². The average Bonchev–Trinajstić information content (AvgIpc) is 2.28. The molecule has 0 aliphatic carbocycles. The van der Waals surface area contributed by atoms with Gasteiger partial charge in [-0.3, -0.25) is 4.99 Å². The third-order valence-corrected chi connectivity index (χ3v) is 2.40. The zero-order chi connectivity index (χ0) is 14.0. The van der Waals surface area contributed by atoms with Crippen LogP contribution in [0, 0.1) is 0 Å². The molecule has 19 heavy (non-hydrogen) atoms. The van der Waals surface area contributed by atoms with Gasteiger partial charge in [0, 0.05) is 32.8 Å². The van der Waals surface area contributed by atoms with Crippen LogP contribution < -0.4 is 10.6 Å². The van der Waals surface area contributed by atoms with Gasteiger partial charge in [-0.25, -0.2) is 0 Å². The van der Waals surface area contributed by atoms with Crippen molar-refractivity contribution < 1.29 is 4.74 Å². The summed E-state index contributed by atoms with van der Waals surface area (Å²) in [4.78, 5) is 6.47. The molecule has 0 saturated carbocycles. The lowest BCUT2D eigenvalue weighted by molar-refractivity contribution is 0.161. The van der Waals surface area contributed by atoms with E-state index in [2.05, 4.69) is 48.3 Å². The standard InChI is InChI=1S/C13H30N4O.HI/c1-13(2,3)16-12(14-4)15-8-7-9-17(5)10-11-18-6;/h7-11H2,1-6H3,(H2,14,15,16);1H. The van der Waals surface area contributed by atoms with E-state index in [4.69, 9.17) is 4.74 Å². The Bertz CT molecular complexity index is 241. The molecule has 0 radical (unpaired) electrons. The van der Waals surface area contributed by atoms with E-state index >= 15 is 0 Å². The Morgan fingerprint density at radius 1 is 1.26 bits per heavy atom. The Hall–Kier alpha value is -0.0800. The summed E-state index contributed by atoms with van der Waals surface area (Å²) in [7, 11) is 5.64. The second-order valence-corrected chi connectivity index (χ2v) is 5.52. The Morgan fingerprint density at radius 2 is 1.89 bits per heavy atom. The molecule has 0 aromatic carbocycles. The lowest BCUT2D eigenvalue weighted by Gasteiger charge is -2.24. The number of nitrogens with one attached hydrogen (secondary N) is 2. The van der Waals surface area contributed by atoms with Crippen molar-refractivity contribution >= 4 is 29.9 Å². The number of nitrogens with zero attached hydrogens (tertiary/aromatic N) is 2. The Balaban J connectivity index is 0. The number of methoxy groups -OCH3 is 1. The zero-order valence-corrected chi connectivity index (χ0v) is 15.6. The second-order valence-electron chi connectivity index (χ2n) is 5.52. The molecule has 0 aromatic rings. The molecule has 6 heteroatoms. The lowest BCUT2D eigenvalue weighted by Crippen LogP contribution is -2.48. The highest BCUT2D eigenvalue weighted by atomic mass is 127. The number of hydrogen-bond donors (Lipinski definition) is 2. The van der Waals surface area contributed by atoms with Crippen LogP contribution in [0.25, 0.3) is 0 Å². The largest absolute Gasteiger partial charge is 0.383 e. The van der Waals surface area contributed by atoms with Crippen LogP contribution in [0.15, 0.2) is 4.99 Å². The molecule has 0 aromatic heterocycles. The molecule has 0 aliphatic rings. The Kier molecular flexibility index (Phi) is 13.1. The number of likely N-dealkylation sites (N-methyl/N-ethyl adjacent to an activating group) is 1. The number of halogens is 1. The monoisotopic (exact) mass is 386 g/mol. The smallest absolute Gasteiger partial charge is 0.191 e. The van der Waals surface area contributed by atoms with Crippen molar-refractivity contribution in [2.75, 3.05) is 47.4 Å². The van der Waals surface area contributed by atoms with Crippen LogP contribution in [0.3, 0.4) is 0 Å². The third-order valence-electron chi connectivity index (χ3n) is 2.40. The van der Waals surface area contributed by atoms with Crippen molar-refractivity contribution in [3.05, 3.63) is 0 Å². The van der Waals surface area contributed by atoms with Gasteiger partial charge in [0.1, 0.15) is 0 Å². The van der Waals surface area contributed by atoms with Gasteiger partial charge >= 0.3 is 0 Å². The van der Waals surface area contributed by atoms with E-state index in [0.29, 0.717) is 0 Å². The van der Waals surface area contributed by atoms with Gasteiger partial charge < -0.3 is 20.3 Å². The van der Waals surface area contributed by atoms with E-state index in [0.717, 1.165) is 38.6 Å². The summed E-state index contributed by atoms with van der Waals surface area (Å²) in [6.45, 7) is 10.1. The summed E-state index contributed by atoms with van der Waals surface area (Å²) in [6, 6.07) is 0. The van der Waals surface area contributed by atoms with E-state index in [1.807, 2.05) is 0 Å². The molecular weight excluding hydrogens is 355 g/mol. The molecule has 2 N–H and O–H groups in total. The molecule has 5 nitrogen and oxygen atoms in total. The first-order valence-electron chi connectivity index (χ1n) is 6.55. The van der Waals surface area contributed by atoms with Crippen LogP contribution in [-0.4, -0.2) is 63.8 Å². The summed E-state index contributed by atoms with van der Waals surface area (Å²) in [5.74, 6) is 0.863. The van der Waals surface area contributed by atoms with E-state index in [-0.39, 0.29) is 29.5 Å². The normalized spacial score (nSPS) is 12.3. The summed E-state index contributed by atoms with van der Waals surface area (Å²) < 4.78 is 5.04. The topological polar surface area (TPSA) is 48.9 Å². The van der Waals surface area contributed by atoms with Gasteiger partial charge in [0.2, 0.25) is 0 Å². The van der Waals surface area contributed by atoms with Crippen LogP contribution >= 0.6 is 24.0 Å². The van der Waals surface area contributed by atoms with Crippen LogP contribution in [0.4, 0.5) is 0 Å². The number of aliphatic imine (C=N–C) groups is 1. The van der Waals surface area contributed by atoms with Crippen molar-refractivity contribution in [1.82, 2.24) is 15.5 Å². The molecule has 0 aliphatic heterocycles. The van der Waals surface area contributed by atoms with Crippen molar-refractivity contribution in [3.8, 4) is 0 Å². The minimum Gasteiger partial charge on any atom is -0.383 e. The van der Waals surface area contributed by atoms with Gasteiger partial charge in [0.05, 0.1) is 6.61 Å². The van der Waals surface area contributed by atoms with E-state index in [1.165, 1.54) is 0 Å². The first-order valence-corrected chi connectivity index (χ1v) is 6.55. The summed E-state index contributed by atoms with van der Waals surface area (Å²) in [5, 5.41) is 6.65. The third kappa shape index (κ3) is 14.1. The Labute approximate surface area is 135 Å². The van der Waals surface area contributed by atoms with Crippen LogP contribution in [0.2, 0.25) is 0 Å². The van der Waals surface area contributed by atoms with Crippen molar-refractivity contribution in [2.24, 2.45) is 4.99 Å². The summed E-state index contributed by atoms with van der Waals surface area (Å²) >= 11 is 0. The first kappa shape index (κ1) is 21.2. The summed E-state index contributed by atoms with van der Waals surface area (Å²) in [5.41, 5.74) is 0.0388. The van der Waals surface area contributed by atoms with Gasteiger partial charge in [-0.2, -0.15) is 0 Å². The van der Waals surface area contributed by atoms with E-state index in [9.17, 15) is 0 Å². The maximum absolute atomic E-state index is 5.04. The highest BCUT2D eigenvalue weighted by Gasteiger charge is 2.11. The number of ether oxygens (including phenoxy) is 1. The van der Waals surface area contributed by atoms with Crippen LogP contribution in [0.1, 0.15) is 27.2 Å². The van der Waals surface area contributed by atoms with E-state index in [1.54, 1.807) is 14.2 Å². The molecule has 0 spiro atoms. The molecule has 0 saturated heterocycles. The molecule has 0 bridgehead atoms. The molecular formula is C13H31IN4O. The molecule has 0 heterocycles. The van der Waals surface area contributed by atoms with Gasteiger partial charge in [-0.1, -0.05) is 0 Å². The zero-order valence-electron chi connectivity index (χ0n) is 13.2. The van der Waals surface area contributed by atoms with Gasteiger partial charge in [0.25, 0.3) is 0 Å². The fraction of sp³-hybridized carbons (Fsp3) is 0.923. The Morgan fingerprint density at radius 3 is 2.37 bits per heavy atom. The SMILES string of the molecule is CN=C(NCCCN(C)CCOC)NC(C)(C)C.I. The number of hydrogen-bond acceptors (Lipinski definition) is 3. The average molecular weight is 386 g/mol.